The average molecular weight is 308 g/mol. The molecule has 0 amide bonds. The monoisotopic (exact) mass is 307 g/mol. The first kappa shape index (κ1) is 13.1. The van der Waals surface area contributed by atoms with Gasteiger partial charge in [0.25, 0.3) is 0 Å². The second kappa shape index (κ2) is 4.57. The highest BCUT2D eigenvalue weighted by molar-refractivity contribution is 7.91. The van der Waals surface area contributed by atoms with Crippen LogP contribution in [0.5, 0.6) is 0 Å². The lowest BCUT2D eigenvalue weighted by Crippen LogP contribution is -2.03. The van der Waals surface area contributed by atoms with Crippen molar-refractivity contribution in [2.24, 2.45) is 0 Å². The van der Waals surface area contributed by atoms with Crippen molar-refractivity contribution in [2.75, 3.05) is 0 Å². The Balaban J connectivity index is 2.31. The van der Waals surface area contributed by atoms with Crippen molar-refractivity contribution >= 4 is 27.1 Å². The van der Waals surface area contributed by atoms with Crippen LogP contribution in [0.25, 0.3) is 5.65 Å². The normalized spacial score (nSPS) is 11.9. The third-order valence-corrected chi connectivity index (χ3v) is 4.90. The van der Waals surface area contributed by atoms with Crippen molar-refractivity contribution in [3.8, 4) is 0 Å². The van der Waals surface area contributed by atoms with Gasteiger partial charge in [-0.25, -0.2) is 17.9 Å². The van der Waals surface area contributed by atoms with Crippen LogP contribution >= 0.6 is 11.6 Å². The Bertz CT molecular complexity index is 889. The molecule has 0 aliphatic carbocycles. The first-order chi connectivity index (χ1) is 9.50. The lowest BCUT2D eigenvalue weighted by Gasteiger charge is -2.03. The Labute approximate surface area is 120 Å². The van der Waals surface area contributed by atoms with E-state index in [4.69, 9.17) is 11.6 Å². The van der Waals surface area contributed by atoms with Crippen LogP contribution < -0.4 is 0 Å². The van der Waals surface area contributed by atoms with Crippen LogP contribution in [0, 0.1) is 6.92 Å². The van der Waals surface area contributed by atoms with E-state index in [-0.39, 0.29) is 15.4 Å². The standard InChI is InChI=1S/C13H10ClN3O2S/c1-9-7-12(14)17-13(16-9)11(8-15-17)20(18,19)10-5-3-2-4-6-10/h2-8H,1H3. The third kappa shape index (κ3) is 1.97. The van der Waals surface area contributed by atoms with Crippen LogP contribution in [0.4, 0.5) is 0 Å². The summed E-state index contributed by atoms with van der Waals surface area (Å²) in [5.41, 5.74) is 0.867. The highest BCUT2D eigenvalue weighted by Gasteiger charge is 2.23. The Hall–Kier alpha value is -1.92. The summed E-state index contributed by atoms with van der Waals surface area (Å²) in [6.45, 7) is 1.75. The van der Waals surface area contributed by atoms with E-state index in [1.165, 1.54) is 22.8 Å². The molecule has 3 aromatic rings. The number of hydrogen-bond acceptors (Lipinski definition) is 4. The number of halogens is 1. The highest BCUT2D eigenvalue weighted by Crippen LogP contribution is 2.25. The topological polar surface area (TPSA) is 64.3 Å². The minimum Gasteiger partial charge on any atom is -0.233 e. The van der Waals surface area contributed by atoms with Gasteiger partial charge in [-0.05, 0) is 25.1 Å². The maximum Gasteiger partial charge on any atom is 0.211 e. The Morgan fingerprint density at radius 1 is 1.20 bits per heavy atom. The highest BCUT2D eigenvalue weighted by atomic mass is 35.5. The van der Waals surface area contributed by atoms with Crippen molar-refractivity contribution in [1.82, 2.24) is 14.6 Å². The third-order valence-electron chi connectivity index (χ3n) is 2.87. The maximum atomic E-state index is 12.6. The minimum atomic E-state index is -3.66. The molecule has 20 heavy (non-hydrogen) atoms. The summed E-state index contributed by atoms with van der Waals surface area (Å²) in [5, 5.41) is 4.32. The van der Waals surface area contributed by atoms with Crippen LogP contribution in [0.1, 0.15) is 5.69 Å². The number of fused-ring (bicyclic) bond motifs is 1. The number of benzene rings is 1. The summed E-state index contributed by atoms with van der Waals surface area (Å²) in [6, 6.07) is 9.80. The molecule has 3 rings (SSSR count). The second-order valence-corrected chi connectivity index (χ2v) is 6.59. The summed E-state index contributed by atoms with van der Waals surface area (Å²) < 4.78 is 26.5. The van der Waals surface area contributed by atoms with E-state index >= 15 is 0 Å². The average Bonchev–Trinajstić information content (AvgIpc) is 2.84. The van der Waals surface area contributed by atoms with Gasteiger partial charge in [0.15, 0.2) is 5.65 Å². The molecule has 102 valence electrons. The molecule has 1 aromatic carbocycles. The van der Waals surface area contributed by atoms with Crippen LogP contribution in [0.15, 0.2) is 52.4 Å². The molecule has 2 aromatic heterocycles. The van der Waals surface area contributed by atoms with Crippen molar-refractivity contribution in [1.29, 1.82) is 0 Å². The molecule has 0 spiro atoms. The van der Waals surface area contributed by atoms with Gasteiger partial charge in [-0.1, -0.05) is 29.8 Å². The van der Waals surface area contributed by atoms with E-state index in [2.05, 4.69) is 10.1 Å². The zero-order valence-electron chi connectivity index (χ0n) is 10.5. The first-order valence-electron chi connectivity index (χ1n) is 5.81. The molecule has 0 aliphatic heterocycles. The lowest BCUT2D eigenvalue weighted by atomic mass is 10.4. The molecule has 0 N–H and O–H groups in total. The van der Waals surface area contributed by atoms with Gasteiger partial charge in [0.2, 0.25) is 9.84 Å². The van der Waals surface area contributed by atoms with Gasteiger partial charge in [-0.15, -0.1) is 0 Å². The predicted octanol–water partition coefficient (Wildman–Crippen LogP) is 2.52. The summed E-state index contributed by atoms with van der Waals surface area (Å²) in [7, 11) is -3.66. The van der Waals surface area contributed by atoms with Crippen LogP contribution in [-0.2, 0) is 9.84 Å². The zero-order valence-corrected chi connectivity index (χ0v) is 12.1. The summed E-state index contributed by atoms with van der Waals surface area (Å²) in [4.78, 5) is 4.48. The molecule has 0 atom stereocenters. The van der Waals surface area contributed by atoms with Crippen molar-refractivity contribution in [2.45, 2.75) is 16.7 Å². The number of nitrogens with zero attached hydrogens (tertiary/aromatic N) is 3. The molecule has 0 fully saturated rings. The van der Waals surface area contributed by atoms with Crippen molar-refractivity contribution < 1.29 is 8.42 Å². The molecule has 5 nitrogen and oxygen atoms in total. The van der Waals surface area contributed by atoms with Gasteiger partial charge in [-0.3, -0.25) is 0 Å². The zero-order chi connectivity index (χ0) is 14.3. The van der Waals surface area contributed by atoms with Gasteiger partial charge in [0, 0.05) is 5.69 Å². The molecule has 7 heteroatoms. The van der Waals surface area contributed by atoms with Gasteiger partial charge >= 0.3 is 0 Å². The Kier molecular flexibility index (Phi) is 2.99. The number of aryl methyl sites for hydroxylation is 1. The van der Waals surface area contributed by atoms with E-state index in [9.17, 15) is 8.42 Å². The largest absolute Gasteiger partial charge is 0.233 e. The SMILES string of the molecule is Cc1cc(Cl)n2ncc(S(=O)(=O)c3ccccc3)c2n1. The Morgan fingerprint density at radius 2 is 1.90 bits per heavy atom. The number of aromatic nitrogens is 3. The van der Waals surface area contributed by atoms with E-state index in [1.54, 1.807) is 31.2 Å². The quantitative estimate of drug-likeness (QED) is 0.682. The molecular formula is C13H10ClN3O2S. The van der Waals surface area contributed by atoms with E-state index in [0.717, 1.165) is 0 Å². The number of rotatable bonds is 2. The molecular weight excluding hydrogens is 298 g/mol. The lowest BCUT2D eigenvalue weighted by molar-refractivity contribution is 0.596. The molecule has 0 aliphatic rings. The molecule has 0 unspecified atom stereocenters. The van der Waals surface area contributed by atoms with Gasteiger partial charge in [0.05, 0.1) is 11.1 Å². The summed E-state index contributed by atoms with van der Waals surface area (Å²) >= 11 is 6.04. The van der Waals surface area contributed by atoms with Crippen LogP contribution in [-0.4, -0.2) is 23.0 Å². The fourth-order valence-electron chi connectivity index (χ4n) is 1.93. The van der Waals surface area contributed by atoms with E-state index in [0.29, 0.717) is 10.8 Å². The molecule has 0 saturated heterocycles. The molecule has 0 radical (unpaired) electrons. The second-order valence-electron chi connectivity index (χ2n) is 4.28. The van der Waals surface area contributed by atoms with Crippen molar-refractivity contribution in [3.05, 3.63) is 53.4 Å². The number of sulfone groups is 1. The van der Waals surface area contributed by atoms with Gasteiger partial charge < -0.3 is 0 Å². The molecule has 2 heterocycles. The van der Waals surface area contributed by atoms with Crippen LogP contribution in [0.3, 0.4) is 0 Å². The number of hydrogen-bond donors (Lipinski definition) is 0. The van der Waals surface area contributed by atoms with Gasteiger partial charge in [-0.2, -0.15) is 5.10 Å². The van der Waals surface area contributed by atoms with E-state index in [1.807, 2.05) is 0 Å². The van der Waals surface area contributed by atoms with Crippen LogP contribution in [0.2, 0.25) is 5.15 Å². The van der Waals surface area contributed by atoms with Crippen molar-refractivity contribution in [3.63, 3.8) is 0 Å². The minimum absolute atomic E-state index is 0.0503. The summed E-state index contributed by atoms with van der Waals surface area (Å²) in [5.74, 6) is 0. The smallest absolute Gasteiger partial charge is 0.211 e. The summed E-state index contributed by atoms with van der Waals surface area (Å²) in [6.07, 6.45) is 1.27. The van der Waals surface area contributed by atoms with E-state index < -0.39 is 9.84 Å². The van der Waals surface area contributed by atoms with Gasteiger partial charge in [0.1, 0.15) is 10.0 Å². The fraction of sp³-hybridized carbons (Fsp3) is 0.0769. The predicted molar refractivity (Wildman–Crippen MR) is 74.6 cm³/mol. The maximum absolute atomic E-state index is 12.6. The Morgan fingerprint density at radius 3 is 2.60 bits per heavy atom. The first-order valence-corrected chi connectivity index (χ1v) is 7.67. The molecule has 0 saturated carbocycles. The molecule has 0 bridgehead atoms. The fourth-order valence-corrected chi connectivity index (χ4v) is 3.54.